The average molecular weight is 620 g/mol. The first-order chi connectivity index (χ1) is 21.4. The van der Waals surface area contributed by atoms with E-state index in [0.717, 1.165) is 5.56 Å². The lowest BCUT2D eigenvalue weighted by Crippen LogP contribution is -2.33. The number of pyridine rings is 1. The molecule has 1 atom stereocenters. The third-order valence-electron chi connectivity index (χ3n) is 7.15. The van der Waals surface area contributed by atoms with Crippen molar-refractivity contribution in [1.29, 1.82) is 0 Å². The SMILES string of the molecule is COc1cc(CC(=O)N(C)c2ccc(C(CC(=O)O)N(C)C(=O)CCCC(=O)O)nc2)ccc1NC(=O)Nc1ccccc1C. The van der Waals surface area contributed by atoms with Crippen molar-refractivity contribution in [2.45, 2.75) is 45.1 Å². The number of likely N-dealkylation sites (N-methyl/N-ethyl adjacent to an activating group) is 1. The Morgan fingerprint density at radius 2 is 1.60 bits per heavy atom. The van der Waals surface area contributed by atoms with E-state index in [2.05, 4.69) is 15.6 Å². The number of aromatic nitrogens is 1. The van der Waals surface area contributed by atoms with Crippen LogP contribution in [0.4, 0.5) is 21.9 Å². The summed E-state index contributed by atoms with van der Waals surface area (Å²) in [6.45, 7) is 1.88. The fourth-order valence-electron chi connectivity index (χ4n) is 4.51. The zero-order chi connectivity index (χ0) is 33.1. The molecular weight excluding hydrogens is 582 g/mol. The van der Waals surface area contributed by atoms with Gasteiger partial charge in [0.2, 0.25) is 11.8 Å². The van der Waals surface area contributed by atoms with Gasteiger partial charge in [-0.15, -0.1) is 0 Å². The minimum absolute atomic E-state index is 0.0134. The minimum Gasteiger partial charge on any atom is -0.495 e. The first-order valence-corrected chi connectivity index (χ1v) is 14.1. The maximum Gasteiger partial charge on any atom is 0.323 e. The molecule has 0 radical (unpaired) electrons. The van der Waals surface area contributed by atoms with E-state index in [1.165, 1.54) is 30.2 Å². The summed E-state index contributed by atoms with van der Waals surface area (Å²) in [6.07, 6.45) is 0.951. The zero-order valence-electron chi connectivity index (χ0n) is 25.6. The summed E-state index contributed by atoms with van der Waals surface area (Å²) in [7, 11) is 4.49. The second-order valence-corrected chi connectivity index (χ2v) is 10.4. The number of nitrogens with one attached hydrogen (secondary N) is 2. The number of benzene rings is 2. The Morgan fingerprint density at radius 1 is 0.889 bits per heavy atom. The Kier molecular flexibility index (Phi) is 12.0. The highest BCUT2D eigenvalue weighted by Gasteiger charge is 2.26. The molecule has 0 saturated carbocycles. The summed E-state index contributed by atoms with van der Waals surface area (Å²) in [5.74, 6) is -2.44. The van der Waals surface area contributed by atoms with E-state index in [0.29, 0.717) is 34.1 Å². The number of methoxy groups -OCH3 is 1. The van der Waals surface area contributed by atoms with Crippen molar-refractivity contribution in [1.82, 2.24) is 9.88 Å². The molecule has 1 heterocycles. The Balaban J connectivity index is 1.66. The van der Waals surface area contributed by atoms with Crippen molar-refractivity contribution in [3.05, 3.63) is 77.6 Å². The van der Waals surface area contributed by atoms with Crippen LogP contribution in [-0.2, 0) is 25.6 Å². The molecule has 0 aliphatic rings. The lowest BCUT2D eigenvalue weighted by Gasteiger charge is -2.27. The monoisotopic (exact) mass is 619 g/mol. The van der Waals surface area contributed by atoms with Crippen LogP contribution in [0.25, 0.3) is 0 Å². The highest BCUT2D eigenvalue weighted by Crippen LogP contribution is 2.28. The van der Waals surface area contributed by atoms with Crippen LogP contribution in [0.5, 0.6) is 5.75 Å². The number of ether oxygens (including phenoxy) is 1. The van der Waals surface area contributed by atoms with Gasteiger partial charge in [0.05, 0.1) is 49.3 Å². The first-order valence-electron chi connectivity index (χ1n) is 14.1. The average Bonchev–Trinajstić information content (AvgIpc) is 3.00. The van der Waals surface area contributed by atoms with Crippen molar-refractivity contribution in [3.63, 3.8) is 0 Å². The molecule has 0 spiro atoms. The Morgan fingerprint density at radius 3 is 2.22 bits per heavy atom. The molecule has 13 nitrogen and oxygen atoms in total. The van der Waals surface area contributed by atoms with E-state index in [1.54, 1.807) is 43.4 Å². The van der Waals surface area contributed by atoms with Crippen LogP contribution >= 0.6 is 0 Å². The third kappa shape index (κ3) is 9.78. The maximum atomic E-state index is 13.1. The van der Waals surface area contributed by atoms with Crippen LogP contribution in [-0.4, -0.2) is 71.1 Å². The summed E-state index contributed by atoms with van der Waals surface area (Å²) in [4.78, 5) is 67.6. The molecule has 0 aliphatic heterocycles. The number of amides is 4. The number of hydrogen-bond acceptors (Lipinski definition) is 7. The molecular formula is C32H37N5O8. The molecule has 1 unspecified atom stereocenters. The predicted molar refractivity (Wildman–Crippen MR) is 167 cm³/mol. The molecule has 3 rings (SSSR count). The second-order valence-electron chi connectivity index (χ2n) is 10.4. The van der Waals surface area contributed by atoms with Gasteiger partial charge in [-0.25, -0.2) is 4.79 Å². The zero-order valence-corrected chi connectivity index (χ0v) is 25.6. The number of carbonyl (C=O) groups excluding carboxylic acids is 3. The normalized spacial score (nSPS) is 11.2. The predicted octanol–water partition coefficient (Wildman–Crippen LogP) is 4.48. The number of rotatable bonds is 14. The first kappa shape index (κ1) is 34.0. The quantitative estimate of drug-likeness (QED) is 0.202. The van der Waals surface area contributed by atoms with E-state index in [1.807, 2.05) is 25.1 Å². The molecule has 4 amide bonds. The summed E-state index contributed by atoms with van der Waals surface area (Å²) >= 11 is 0. The van der Waals surface area contributed by atoms with Gasteiger partial charge in [0.15, 0.2) is 0 Å². The number of carboxylic acids is 2. The molecule has 0 saturated heterocycles. The smallest absolute Gasteiger partial charge is 0.323 e. The summed E-state index contributed by atoms with van der Waals surface area (Å²) in [6, 6.07) is 14.2. The van der Waals surface area contributed by atoms with Crippen LogP contribution in [0.3, 0.4) is 0 Å². The molecule has 0 fully saturated rings. The van der Waals surface area contributed by atoms with Crippen LogP contribution in [0.1, 0.15) is 48.5 Å². The lowest BCUT2D eigenvalue weighted by atomic mass is 10.1. The van der Waals surface area contributed by atoms with Crippen molar-refractivity contribution < 1.29 is 38.9 Å². The second kappa shape index (κ2) is 15.8. The van der Waals surface area contributed by atoms with Crippen molar-refractivity contribution in [2.75, 3.05) is 36.7 Å². The Labute approximate surface area is 260 Å². The number of urea groups is 1. The van der Waals surface area contributed by atoms with Gasteiger partial charge in [0.25, 0.3) is 0 Å². The number of carbonyl (C=O) groups is 5. The van der Waals surface area contributed by atoms with Crippen LogP contribution in [0.15, 0.2) is 60.8 Å². The number of aliphatic carboxylic acids is 2. The molecule has 13 heteroatoms. The molecule has 4 N–H and O–H groups in total. The van der Waals surface area contributed by atoms with Gasteiger partial charge in [0, 0.05) is 32.6 Å². The number of carboxylic acid groups (broad SMARTS) is 2. The molecule has 238 valence electrons. The van der Waals surface area contributed by atoms with Crippen LogP contribution in [0.2, 0.25) is 0 Å². The van der Waals surface area contributed by atoms with Gasteiger partial charge >= 0.3 is 18.0 Å². The summed E-state index contributed by atoms with van der Waals surface area (Å²) < 4.78 is 5.45. The van der Waals surface area contributed by atoms with Crippen molar-refractivity contribution in [3.8, 4) is 5.75 Å². The number of aryl methyl sites for hydroxylation is 1. The van der Waals surface area contributed by atoms with E-state index in [4.69, 9.17) is 9.84 Å². The van der Waals surface area contributed by atoms with E-state index in [-0.39, 0.29) is 31.6 Å². The van der Waals surface area contributed by atoms with Gasteiger partial charge in [-0.05, 0) is 54.8 Å². The van der Waals surface area contributed by atoms with E-state index >= 15 is 0 Å². The van der Waals surface area contributed by atoms with Gasteiger partial charge in [0.1, 0.15) is 5.75 Å². The Bertz CT molecular complexity index is 1540. The molecule has 0 aliphatic carbocycles. The fourth-order valence-corrected chi connectivity index (χ4v) is 4.51. The number of nitrogens with zero attached hydrogens (tertiary/aromatic N) is 3. The van der Waals surface area contributed by atoms with Gasteiger partial charge < -0.3 is 35.4 Å². The fraction of sp³-hybridized carbons (Fsp3) is 0.312. The van der Waals surface area contributed by atoms with Gasteiger partial charge in [-0.1, -0.05) is 24.3 Å². The minimum atomic E-state index is -1.13. The van der Waals surface area contributed by atoms with E-state index in [9.17, 15) is 29.1 Å². The Hall–Kier alpha value is -5.46. The molecule has 3 aromatic rings. The standard InChI is InChI=1S/C32H37N5O8/c1-20-8-5-6-9-23(20)34-32(44)35-25-14-12-21(16-27(25)45-4)17-29(39)36(2)22-13-15-24(33-19-22)26(18-31(42)43)37(3)28(38)10-7-11-30(40)41/h5-6,8-9,12-16,19,26H,7,10-11,17-18H2,1-4H3,(H,40,41)(H,42,43)(H2,34,35,44). The van der Waals surface area contributed by atoms with Crippen LogP contribution < -0.4 is 20.3 Å². The highest BCUT2D eigenvalue weighted by molar-refractivity contribution is 6.01. The molecule has 0 bridgehead atoms. The topological polar surface area (TPSA) is 178 Å². The molecule has 2 aromatic carbocycles. The number of para-hydroxylation sites is 1. The van der Waals surface area contributed by atoms with Crippen molar-refractivity contribution in [2.24, 2.45) is 0 Å². The molecule has 1 aromatic heterocycles. The van der Waals surface area contributed by atoms with E-state index < -0.39 is 36.3 Å². The van der Waals surface area contributed by atoms with Gasteiger partial charge in [-0.2, -0.15) is 0 Å². The lowest BCUT2D eigenvalue weighted by molar-refractivity contribution is -0.140. The van der Waals surface area contributed by atoms with Crippen LogP contribution in [0, 0.1) is 6.92 Å². The number of anilines is 3. The molecule has 45 heavy (non-hydrogen) atoms. The third-order valence-corrected chi connectivity index (χ3v) is 7.15. The largest absolute Gasteiger partial charge is 0.495 e. The number of hydrogen-bond donors (Lipinski definition) is 4. The maximum absolute atomic E-state index is 13.1. The highest BCUT2D eigenvalue weighted by atomic mass is 16.5. The van der Waals surface area contributed by atoms with Crippen molar-refractivity contribution >= 4 is 46.8 Å². The van der Waals surface area contributed by atoms with Gasteiger partial charge in [-0.3, -0.25) is 24.2 Å². The summed E-state index contributed by atoms with van der Waals surface area (Å²) in [5.41, 5.74) is 3.42. The summed E-state index contributed by atoms with van der Waals surface area (Å²) in [5, 5.41) is 23.8.